The molecule has 0 aliphatic carbocycles. The highest BCUT2D eigenvalue weighted by atomic mass is 35.5. The predicted octanol–water partition coefficient (Wildman–Crippen LogP) is 1.81. The van der Waals surface area contributed by atoms with Gasteiger partial charge in [0.1, 0.15) is 5.69 Å². The van der Waals surface area contributed by atoms with Crippen LogP contribution in [0.5, 0.6) is 0 Å². The van der Waals surface area contributed by atoms with Crippen molar-refractivity contribution >= 4 is 23.4 Å². The number of nitrogens with two attached hydrogens (primary N) is 1. The Labute approximate surface area is 156 Å². The van der Waals surface area contributed by atoms with Gasteiger partial charge in [0.2, 0.25) is 11.8 Å². The van der Waals surface area contributed by atoms with E-state index < -0.39 is 0 Å². The molecule has 1 aliphatic heterocycles. The summed E-state index contributed by atoms with van der Waals surface area (Å²) in [5, 5.41) is 7.56. The van der Waals surface area contributed by atoms with Gasteiger partial charge in [-0.3, -0.25) is 14.5 Å². The van der Waals surface area contributed by atoms with Crippen LogP contribution in [0.4, 0.5) is 0 Å². The summed E-state index contributed by atoms with van der Waals surface area (Å²) < 4.78 is 5.32. The first-order valence-corrected chi connectivity index (χ1v) is 8.89. The van der Waals surface area contributed by atoms with E-state index in [-0.39, 0.29) is 24.3 Å². The second-order valence-electron chi connectivity index (χ2n) is 6.42. The SMILES string of the molecule is NC(=O)CN1CCC(C(=O)NCc2cc(-c3ccc(Cl)cc3)on2)CC1. The topological polar surface area (TPSA) is 101 Å². The summed E-state index contributed by atoms with van der Waals surface area (Å²) in [5.41, 5.74) is 6.74. The summed E-state index contributed by atoms with van der Waals surface area (Å²) in [5.74, 6) is 0.239. The van der Waals surface area contributed by atoms with E-state index >= 15 is 0 Å². The zero-order valence-electron chi connectivity index (χ0n) is 14.3. The van der Waals surface area contributed by atoms with Gasteiger partial charge >= 0.3 is 0 Å². The molecule has 1 fully saturated rings. The van der Waals surface area contributed by atoms with E-state index in [9.17, 15) is 9.59 Å². The summed E-state index contributed by atoms with van der Waals surface area (Å²) in [7, 11) is 0. The monoisotopic (exact) mass is 376 g/mol. The van der Waals surface area contributed by atoms with Crippen molar-refractivity contribution in [2.24, 2.45) is 11.7 Å². The zero-order valence-corrected chi connectivity index (χ0v) is 15.0. The lowest BCUT2D eigenvalue weighted by Crippen LogP contribution is -2.43. The third kappa shape index (κ3) is 4.83. The van der Waals surface area contributed by atoms with Gasteiger partial charge in [0.25, 0.3) is 0 Å². The van der Waals surface area contributed by atoms with Crippen LogP contribution in [0, 0.1) is 5.92 Å². The van der Waals surface area contributed by atoms with Crippen LogP contribution in [0.15, 0.2) is 34.9 Å². The number of hydrogen-bond donors (Lipinski definition) is 2. The number of nitrogens with one attached hydrogen (secondary N) is 1. The van der Waals surface area contributed by atoms with Crippen LogP contribution in [-0.2, 0) is 16.1 Å². The Morgan fingerprint density at radius 1 is 1.27 bits per heavy atom. The molecule has 3 N–H and O–H groups in total. The number of benzene rings is 1. The molecular formula is C18H21ClN4O3. The maximum Gasteiger partial charge on any atom is 0.231 e. The van der Waals surface area contributed by atoms with Gasteiger partial charge in [0.05, 0.1) is 13.1 Å². The van der Waals surface area contributed by atoms with Crippen LogP contribution in [-0.4, -0.2) is 41.5 Å². The number of carbonyl (C=O) groups is 2. The Morgan fingerprint density at radius 2 is 1.96 bits per heavy atom. The second-order valence-corrected chi connectivity index (χ2v) is 6.86. The number of halogens is 1. The summed E-state index contributed by atoms with van der Waals surface area (Å²) in [6.07, 6.45) is 1.43. The number of hydrogen-bond acceptors (Lipinski definition) is 5. The fraction of sp³-hybridized carbons (Fsp3) is 0.389. The molecule has 138 valence electrons. The number of piperidine rings is 1. The van der Waals surface area contributed by atoms with E-state index in [2.05, 4.69) is 10.5 Å². The van der Waals surface area contributed by atoms with Crippen molar-refractivity contribution in [2.45, 2.75) is 19.4 Å². The summed E-state index contributed by atoms with van der Waals surface area (Å²) in [6.45, 7) is 1.97. The maximum absolute atomic E-state index is 12.3. The van der Waals surface area contributed by atoms with E-state index in [1.54, 1.807) is 18.2 Å². The van der Waals surface area contributed by atoms with Crippen LogP contribution < -0.4 is 11.1 Å². The zero-order chi connectivity index (χ0) is 18.5. The Bertz CT molecular complexity index is 767. The van der Waals surface area contributed by atoms with Gasteiger partial charge in [-0.25, -0.2) is 0 Å². The van der Waals surface area contributed by atoms with Gasteiger partial charge in [0, 0.05) is 22.6 Å². The molecule has 0 unspecified atom stereocenters. The molecule has 2 aromatic rings. The summed E-state index contributed by atoms with van der Waals surface area (Å²) in [6, 6.07) is 9.08. The highest BCUT2D eigenvalue weighted by molar-refractivity contribution is 6.30. The molecule has 1 aliphatic rings. The van der Waals surface area contributed by atoms with Crippen molar-refractivity contribution in [1.82, 2.24) is 15.4 Å². The van der Waals surface area contributed by atoms with Crippen LogP contribution >= 0.6 is 11.6 Å². The predicted molar refractivity (Wildman–Crippen MR) is 97.2 cm³/mol. The number of amides is 2. The normalized spacial score (nSPS) is 15.7. The van der Waals surface area contributed by atoms with Crippen molar-refractivity contribution in [3.05, 3.63) is 41.0 Å². The number of nitrogens with zero attached hydrogens (tertiary/aromatic N) is 2. The van der Waals surface area contributed by atoms with Gasteiger partial charge in [-0.2, -0.15) is 0 Å². The highest BCUT2D eigenvalue weighted by Crippen LogP contribution is 2.22. The van der Waals surface area contributed by atoms with Gasteiger partial charge in [-0.1, -0.05) is 16.8 Å². The van der Waals surface area contributed by atoms with Crippen LogP contribution in [0.25, 0.3) is 11.3 Å². The van der Waals surface area contributed by atoms with Crippen molar-refractivity contribution in [3.63, 3.8) is 0 Å². The minimum absolute atomic E-state index is 0.000215. The average Bonchev–Trinajstić information content (AvgIpc) is 3.09. The summed E-state index contributed by atoms with van der Waals surface area (Å²) >= 11 is 5.88. The largest absolute Gasteiger partial charge is 0.369 e. The van der Waals surface area contributed by atoms with E-state index in [0.29, 0.717) is 49.0 Å². The molecule has 0 spiro atoms. The number of likely N-dealkylation sites (tertiary alicyclic amines) is 1. The second kappa shape index (κ2) is 8.33. The van der Waals surface area contributed by atoms with Crippen LogP contribution in [0.2, 0.25) is 5.02 Å². The molecule has 3 rings (SSSR count). The molecular weight excluding hydrogens is 356 g/mol. The molecule has 2 amide bonds. The quantitative estimate of drug-likeness (QED) is 0.800. The van der Waals surface area contributed by atoms with Gasteiger partial charge in [-0.15, -0.1) is 0 Å². The third-order valence-electron chi connectivity index (χ3n) is 4.47. The Balaban J connectivity index is 1.48. The average molecular weight is 377 g/mol. The van der Waals surface area contributed by atoms with E-state index in [1.165, 1.54) is 0 Å². The van der Waals surface area contributed by atoms with Crippen LogP contribution in [0.3, 0.4) is 0 Å². The van der Waals surface area contributed by atoms with E-state index in [1.807, 2.05) is 17.0 Å². The molecule has 0 radical (unpaired) electrons. The fourth-order valence-electron chi connectivity index (χ4n) is 3.04. The first kappa shape index (κ1) is 18.4. The van der Waals surface area contributed by atoms with Crippen molar-refractivity contribution in [3.8, 4) is 11.3 Å². The first-order valence-electron chi connectivity index (χ1n) is 8.51. The highest BCUT2D eigenvalue weighted by Gasteiger charge is 2.25. The first-order chi connectivity index (χ1) is 12.5. The molecule has 2 heterocycles. The maximum atomic E-state index is 12.3. The fourth-order valence-corrected chi connectivity index (χ4v) is 3.17. The third-order valence-corrected chi connectivity index (χ3v) is 4.72. The van der Waals surface area contributed by atoms with Crippen molar-refractivity contribution < 1.29 is 14.1 Å². The van der Waals surface area contributed by atoms with E-state index in [0.717, 1.165) is 5.56 Å². The molecule has 8 heteroatoms. The van der Waals surface area contributed by atoms with E-state index in [4.69, 9.17) is 21.9 Å². The van der Waals surface area contributed by atoms with Gasteiger partial charge in [0.15, 0.2) is 5.76 Å². The molecule has 7 nitrogen and oxygen atoms in total. The molecule has 0 bridgehead atoms. The van der Waals surface area contributed by atoms with Gasteiger partial charge in [-0.05, 0) is 50.2 Å². The Hall–Kier alpha value is -2.38. The standard InChI is InChI=1S/C18H21ClN4O3/c19-14-3-1-12(2-4-14)16-9-15(22-26-16)10-21-18(25)13-5-7-23(8-6-13)11-17(20)24/h1-4,9,13H,5-8,10-11H2,(H2,20,24)(H,21,25). The molecule has 26 heavy (non-hydrogen) atoms. The molecule has 0 saturated carbocycles. The molecule has 1 aromatic carbocycles. The lowest BCUT2D eigenvalue weighted by Gasteiger charge is -2.30. The molecule has 0 atom stereocenters. The van der Waals surface area contributed by atoms with Crippen molar-refractivity contribution in [1.29, 1.82) is 0 Å². The smallest absolute Gasteiger partial charge is 0.231 e. The van der Waals surface area contributed by atoms with Crippen molar-refractivity contribution in [2.75, 3.05) is 19.6 Å². The molecule has 1 aromatic heterocycles. The van der Waals surface area contributed by atoms with Crippen LogP contribution in [0.1, 0.15) is 18.5 Å². The van der Waals surface area contributed by atoms with Gasteiger partial charge < -0.3 is 15.6 Å². The number of rotatable bonds is 6. The lowest BCUT2D eigenvalue weighted by molar-refractivity contribution is -0.126. The lowest BCUT2D eigenvalue weighted by atomic mass is 9.96. The minimum atomic E-state index is -0.338. The molecule has 1 saturated heterocycles. The number of primary amides is 1. The Morgan fingerprint density at radius 3 is 2.62 bits per heavy atom. The number of carbonyl (C=O) groups excluding carboxylic acids is 2. The summed E-state index contributed by atoms with van der Waals surface area (Å²) in [4.78, 5) is 25.2. The minimum Gasteiger partial charge on any atom is -0.369 e. The Kier molecular flexibility index (Phi) is 5.90. The number of aromatic nitrogens is 1.